The molecule has 1 aliphatic heterocycles. The minimum atomic E-state index is 0.463. The number of hydrogen-bond donors (Lipinski definition) is 1. The Kier molecular flexibility index (Phi) is 4.57. The Bertz CT molecular complexity index is 557. The molecule has 0 aliphatic carbocycles. The first kappa shape index (κ1) is 14.2. The highest BCUT2D eigenvalue weighted by Crippen LogP contribution is 2.14. The van der Waals surface area contributed by atoms with Crippen LogP contribution < -0.4 is 0 Å². The first-order valence-corrected chi connectivity index (χ1v) is 7.35. The first-order valence-electron chi connectivity index (χ1n) is 7.35. The standard InChI is InChI=1S/C15H21N5O/c1-12-6-15(17-11-16-12)7-13-8-20(4-5-21-10-13)9-14-2-3-18-19-14/h2-3,6,11,13H,4-5,7-10H2,1H3,(H,18,19)/t13-/m1/s1. The smallest absolute Gasteiger partial charge is 0.115 e. The Hall–Kier alpha value is -1.79. The largest absolute Gasteiger partial charge is 0.380 e. The van der Waals surface area contributed by atoms with Gasteiger partial charge in [0.15, 0.2) is 0 Å². The van der Waals surface area contributed by atoms with Gasteiger partial charge < -0.3 is 4.74 Å². The molecule has 3 rings (SSSR count). The van der Waals surface area contributed by atoms with E-state index in [1.165, 1.54) is 0 Å². The fourth-order valence-corrected chi connectivity index (χ4v) is 2.75. The Morgan fingerprint density at radius 1 is 1.43 bits per heavy atom. The van der Waals surface area contributed by atoms with E-state index in [0.29, 0.717) is 5.92 Å². The van der Waals surface area contributed by atoms with Gasteiger partial charge in [-0.25, -0.2) is 9.97 Å². The number of aromatic amines is 1. The summed E-state index contributed by atoms with van der Waals surface area (Å²) in [6.07, 6.45) is 4.37. The van der Waals surface area contributed by atoms with Crippen LogP contribution in [-0.4, -0.2) is 51.4 Å². The van der Waals surface area contributed by atoms with Crippen LogP contribution in [0.25, 0.3) is 0 Å². The highest BCUT2D eigenvalue weighted by atomic mass is 16.5. The Morgan fingerprint density at radius 2 is 2.38 bits per heavy atom. The zero-order valence-corrected chi connectivity index (χ0v) is 12.3. The van der Waals surface area contributed by atoms with Crippen molar-refractivity contribution in [3.05, 3.63) is 41.7 Å². The van der Waals surface area contributed by atoms with E-state index in [9.17, 15) is 0 Å². The van der Waals surface area contributed by atoms with E-state index >= 15 is 0 Å². The summed E-state index contributed by atoms with van der Waals surface area (Å²) in [6.45, 7) is 6.44. The molecular weight excluding hydrogens is 266 g/mol. The molecule has 1 fully saturated rings. The lowest BCUT2D eigenvalue weighted by atomic mass is 10.0. The summed E-state index contributed by atoms with van der Waals surface area (Å²) < 4.78 is 5.75. The van der Waals surface area contributed by atoms with Gasteiger partial charge in [-0.2, -0.15) is 5.10 Å². The van der Waals surface area contributed by atoms with Crippen LogP contribution in [-0.2, 0) is 17.7 Å². The molecule has 1 saturated heterocycles. The van der Waals surface area contributed by atoms with Crippen molar-refractivity contribution in [3.8, 4) is 0 Å². The number of aryl methyl sites for hydroxylation is 1. The number of hydrogen-bond acceptors (Lipinski definition) is 5. The van der Waals surface area contributed by atoms with Crippen LogP contribution in [0.1, 0.15) is 17.1 Å². The fraction of sp³-hybridized carbons (Fsp3) is 0.533. The van der Waals surface area contributed by atoms with E-state index in [1.54, 1.807) is 12.5 Å². The number of aromatic nitrogens is 4. The molecular formula is C15H21N5O. The zero-order chi connectivity index (χ0) is 14.5. The van der Waals surface area contributed by atoms with Crippen molar-refractivity contribution in [1.82, 2.24) is 25.1 Å². The van der Waals surface area contributed by atoms with Gasteiger partial charge in [-0.05, 0) is 25.5 Å². The molecule has 0 aromatic carbocycles. The van der Waals surface area contributed by atoms with Gasteiger partial charge in [0.2, 0.25) is 0 Å². The van der Waals surface area contributed by atoms with Gasteiger partial charge >= 0.3 is 0 Å². The average Bonchev–Trinajstić information content (AvgIpc) is 2.86. The van der Waals surface area contributed by atoms with Gasteiger partial charge in [0.25, 0.3) is 0 Å². The lowest BCUT2D eigenvalue weighted by molar-refractivity contribution is 0.121. The van der Waals surface area contributed by atoms with Crippen LogP contribution in [0, 0.1) is 12.8 Å². The minimum Gasteiger partial charge on any atom is -0.380 e. The molecule has 0 spiro atoms. The van der Waals surface area contributed by atoms with E-state index in [2.05, 4.69) is 31.1 Å². The molecule has 0 bridgehead atoms. The molecule has 0 unspecified atom stereocenters. The summed E-state index contributed by atoms with van der Waals surface area (Å²) >= 11 is 0. The second-order valence-electron chi connectivity index (χ2n) is 5.61. The number of nitrogens with one attached hydrogen (secondary N) is 1. The molecule has 0 radical (unpaired) electrons. The molecule has 112 valence electrons. The summed E-state index contributed by atoms with van der Waals surface area (Å²) in [5, 5.41) is 7.03. The van der Waals surface area contributed by atoms with E-state index < -0.39 is 0 Å². The normalized spacial score (nSPS) is 20.3. The third-order valence-electron chi connectivity index (χ3n) is 3.73. The molecule has 0 amide bonds. The topological polar surface area (TPSA) is 66.9 Å². The SMILES string of the molecule is Cc1cc(C[C@H]2COCCN(Cc3ccn[nH]3)C2)ncn1. The number of nitrogens with zero attached hydrogens (tertiary/aromatic N) is 4. The summed E-state index contributed by atoms with van der Waals surface area (Å²) in [5.41, 5.74) is 3.26. The first-order chi connectivity index (χ1) is 10.3. The molecule has 6 nitrogen and oxygen atoms in total. The van der Waals surface area contributed by atoms with Crippen LogP contribution in [0.4, 0.5) is 0 Å². The highest BCUT2D eigenvalue weighted by Gasteiger charge is 2.20. The second-order valence-corrected chi connectivity index (χ2v) is 5.61. The van der Waals surface area contributed by atoms with Crippen LogP contribution in [0.2, 0.25) is 0 Å². The monoisotopic (exact) mass is 287 g/mol. The maximum absolute atomic E-state index is 5.75. The maximum atomic E-state index is 5.75. The van der Waals surface area contributed by atoms with Crippen LogP contribution in [0.15, 0.2) is 24.7 Å². The predicted molar refractivity (Wildman–Crippen MR) is 78.6 cm³/mol. The Morgan fingerprint density at radius 3 is 3.19 bits per heavy atom. The molecule has 6 heteroatoms. The van der Waals surface area contributed by atoms with E-state index in [0.717, 1.165) is 56.4 Å². The lowest BCUT2D eigenvalue weighted by Crippen LogP contribution is -2.30. The predicted octanol–water partition coefficient (Wildman–Crippen LogP) is 1.20. The van der Waals surface area contributed by atoms with Crippen molar-refractivity contribution in [1.29, 1.82) is 0 Å². The molecule has 1 atom stereocenters. The number of rotatable bonds is 4. The summed E-state index contributed by atoms with van der Waals surface area (Å²) in [7, 11) is 0. The average molecular weight is 287 g/mol. The van der Waals surface area contributed by atoms with Crippen molar-refractivity contribution < 1.29 is 4.74 Å². The van der Waals surface area contributed by atoms with Crippen molar-refractivity contribution in [2.24, 2.45) is 5.92 Å². The van der Waals surface area contributed by atoms with Gasteiger partial charge in [0, 0.05) is 48.8 Å². The minimum absolute atomic E-state index is 0.463. The van der Waals surface area contributed by atoms with E-state index in [-0.39, 0.29) is 0 Å². The Labute approximate surface area is 124 Å². The molecule has 1 aliphatic rings. The van der Waals surface area contributed by atoms with Crippen molar-refractivity contribution >= 4 is 0 Å². The molecule has 3 heterocycles. The van der Waals surface area contributed by atoms with Crippen LogP contribution in [0.3, 0.4) is 0 Å². The molecule has 0 saturated carbocycles. The van der Waals surface area contributed by atoms with Crippen molar-refractivity contribution in [2.75, 3.05) is 26.3 Å². The third-order valence-corrected chi connectivity index (χ3v) is 3.73. The third kappa shape index (κ3) is 4.09. The molecule has 21 heavy (non-hydrogen) atoms. The van der Waals surface area contributed by atoms with E-state index in [1.807, 2.05) is 13.0 Å². The van der Waals surface area contributed by atoms with Crippen molar-refractivity contribution in [2.45, 2.75) is 19.9 Å². The van der Waals surface area contributed by atoms with Gasteiger partial charge in [0.1, 0.15) is 6.33 Å². The van der Waals surface area contributed by atoms with Gasteiger partial charge in [-0.1, -0.05) is 0 Å². The second kappa shape index (κ2) is 6.78. The van der Waals surface area contributed by atoms with Gasteiger partial charge in [-0.3, -0.25) is 10.00 Å². The highest BCUT2D eigenvalue weighted by molar-refractivity contribution is 5.07. The fourth-order valence-electron chi connectivity index (χ4n) is 2.75. The zero-order valence-electron chi connectivity index (χ0n) is 12.3. The number of ether oxygens (including phenoxy) is 1. The molecule has 1 N–H and O–H groups in total. The van der Waals surface area contributed by atoms with E-state index in [4.69, 9.17) is 4.74 Å². The quantitative estimate of drug-likeness (QED) is 0.915. The maximum Gasteiger partial charge on any atom is 0.115 e. The molecule has 2 aromatic rings. The lowest BCUT2D eigenvalue weighted by Gasteiger charge is -2.22. The van der Waals surface area contributed by atoms with Crippen molar-refractivity contribution in [3.63, 3.8) is 0 Å². The van der Waals surface area contributed by atoms with Crippen LogP contribution >= 0.6 is 0 Å². The summed E-state index contributed by atoms with van der Waals surface area (Å²) in [5.74, 6) is 0.463. The van der Waals surface area contributed by atoms with Gasteiger partial charge in [-0.15, -0.1) is 0 Å². The van der Waals surface area contributed by atoms with Crippen LogP contribution in [0.5, 0.6) is 0 Å². The summed E-state index contributed by atoms with van der Waals surface area (Å²) in [6, 6.07) is 4.08. The number of H-pyrrole nitrogens is 1. The van der Waals surface area contributed by atoms with Gasteiger partial charge in [0.05, 0.1) is 13.2 Å². The molecule has 2 aromatic heterocycles. The summed E-state index contributed by atoms with van der Waals surface area (Å²) in [4.78, 5) is 10.9. The Balaban J connectivity index is 1.62.